The molecule has 134 valence electrons. The molecule has 1 amide bonds. The number of hydrogen-bond acceptors (Lipinski definition) is 3. The fourth-order valence-electron chi connectivity index (χ4n) is 2.59. The van der Waals surface area contributed by atoms with E-state index in [9.17, 15) is 4.79 Å². The number of amides is 1. The van der Waals surface area contributed by atoms with E-state index < -0.39 is 0 Å². The summed E-state index contributed by atoms with van der Waals surface area (Å²) in [7, 11) is 1.84. The number of carbonyl (C=O) groups excluding carboxylic acids is 1. The van der Waals surface area contributed by atoms with Crippen LogP contribution in [0.5, 0.6) is 0 Å². The van der Waals surface area contributed by atoms with Crippen LogP contribution < -0.4 is 0 Å². The lowest BCUT2D eigenvalue weighted by Gasteiger charge is -2.25. The summed E-state index contributed by atoms with van der Waals surface area (Å²) in [5.41, 5.74) is 2.09. The van der Waals surface area contributed by atoms with Crippen LogP contribution in [0.3, 0.4) is 0 Å². The molecule has 2 aromatic carbocycles. The normalized spacial score (nSPS) is 12.0. The number of benzene rings is 2. The molecule has 3 aromatic rings. The minimum Gasteiger partial charge on any atom is -0.338 e. The fraction of sp³-hybridized carbons (Fsp3) is 0.200. The lowest BCUT2D eigenvalue weighted by atomic mass is 10.1. The van der Waals surface area contributed by atoms with Crippen molar-refractivity contribution >= 4 is 29.3 Å². The molecule has 0 aliphatic rings. The maximum absolute atomic E-state index is 12.6. The molecule has 6 heteroatoms. The Morgan fingerprint density at radius 1 is 1.19 bits per heavy atom. The summed E-state index contributed by atoms with van der Waals surface area (Å²) in [5.74, 6) is 0.398. The molecule has 1 atom stereocenters. The van der Waals surface area contributed by atoms with Crippen LogP contribution in [0.4, 0.5) is 0 Å². The van der Waals surface area contributed by atoms with E-state index in [1.807, 2.05) is 79.3 Å². The van der Waals surface area contributed by atoms with Crippen LogP contribution in [-0.4, -0.2) is 33.2 Å². The van der Waals surface area contributed by atoms with Crippen molar-refractivity contribution < 1.29 is 4.79 Å². The molecule has 1 heterocycles. The lowest BCUT2D eigenvalue weighted by Crippen LogP contribution is -2.31. The Morgan fingerprint density at radius 3 is 2.58 bits per heavy atom. The molecule has 0 saturated carbocycles. The highest BCUT2D eigenvalue weighted by atomic mass is 35.5. The zero-order valence-corrected chi connectivity index (χ0v) is 16.2. The number of imidazole rings is 1. The van der Waals surface area contributed by atoms with Gasteiger partial charge in [0.15, 0.2) is 5.16 Å². The number of halogens is 1. The number of hydrogen-bond donors (Lipinski definition) is 0. The molecule has 0 aliphatic heterocycles. The monoisotopic (exact) mass is 385 g/mol. The van der Waals surface area contributed by atoms with Crippen molar-refractivity contribution in [2.45, 2.75) is 18.1 Å². The van der Waals surface area contributed by atoms with Crippen LogP contribution in [0.15, 0.2) is 72.1 Å². The molecule has 0 radical (unpaired) electrons. The zero-order chi connectivity index (χ0) is 18.5. The minimum atomic E-state index is 0.0281. The highest BCUT2D eigenvalue weighted by Crippen LogP contribution is 2.24. The average Bonchev–Trinajstić information content (AvgIpc) is 3.14. The van der Waals surface area contributed by atoms with E-state index in [0.29, 0.717) is 10.8 Å². The van der Waals surface area contributed by atoms with E-state index in [-0.39, 0.29) is 11.9 Å². The van der Waals surface area contributed by atoms with Crippen LogP contribution in [0.25, 0.3) is 5.69 Å². The molecule has 1 aromatic heterocycles. The molecular formula is C20H20ClN3OS. The van der Waals surface area contributed by atoms with Crippen molar-refractivity contribution in [3.05, 3.63) is 77.6 Å². The van der Waals surface area contributed by atoms with Crippen molar-refractivity contribution in [2.75, 3.05) is 12.8 Å². The average molecular weight is 386 g/mol. The molecule has 0 fully saturated rings. The molecule has 4 nitrogen and oxygen atoms in total. The minimum absolute atomic E-state index is 0.0281. The quantitative estimate of drug-likeness (QED) is 0.570. The van der Waals surface area contributed by atoms with Gasteiger partial charge in [0.2, 0.25) is 5.91 Å². The van der Waals surface area contributed by atoms with Gasteiger partial charge in [-0.15, -0.1) is 0 Å². The molecule has 0 saturated heterocycles. The standard InChI is InChI=1S/C20H20ClN3OS/c1-15(16-6-4-3-5-7-16)23(2)19(25)14-26-20-22-12-13-24(20)18-10-8-17(21)9-11-18/h3-13,15H,14H2,1-2H3/t15-/m1/s1. The Labute approximate surface area is 162 Å². The van der Waals surface area contributed by atoms with Crippen LogP contribution in [0.2, 0.25) is 5.02 Å². The van der Waals surface area contributed by atoms with E-state index >= 15 is 0 Å². The van der Waals surface area contributed by atoms with E-state index in [1.54, 1.807) is 11.1 Å². The van der Waals surface area contributed by atoms with Gasteiger partial charge in [-0.25, -0.2) is 4.98 Å². The maximum atomic E-state index is 12.6. The van der Waals surface area contributed by atoms with Crippen LogP contribution >= 0.6 is 23.4 Å². The molecule has 0 spiro atoms. The summed E-state index contributed by atoms with van der Waals surface area (Å²) in [5, 5.41) is 1.47. The van der Waals surface area contributed by atoms with Gasteiger partial charge in [0.1, 0.15) is 0 Å². The Hall–Kier alpha value is -2.24. The number of carbonyl (C=O) groups is 1. The van der Waals surface area contributed by atoms with Gasteiger partial charge in [-0.1, -0.05) is 53.7 Å². The van der Waals surface area contributed by atoms with E-state index in [2.05, 4.69) is 4.98 Å². The van der Waals surface area contributed by atoms with Gasteiger partial charge in [0.05, 0.1) is 11.8 Å². The molecule has 3 rings (SSSR count). The third kappa shape index (κ3) is 4.29. The first-order valence-electron chi connectivity index (χ1n) is 8.29. The third-order valence-electron chi connectivity index (χ3n) is 4.29. The van der Waals surface area contributed by atoms with Gasteiger partial charge in [0.25, 0.3) is 0 Å². The summed E-state index contributed by atoms with van der Waals surface area (Å²) in [6.45, 7) is 2.03. The topological polar surface area (TPSA) is 38.1 Å². The summed E-state index contributed by atoms with van der Waals surface area (Å²) >= 11 is 7.38. The molecule has 26 heavy (non-hydrogen) atoms. The second-order valence-corrected chi connectivity index (χ2v) is 7.32. The van der Waals surface area contributed by atoms with Gasteiger partial charge in [0, 0.05) is 30.2 Å². The Bertz CT molecular complexity index is 864. The number of thioether (sulfide) groups is 1. The molecule has 0 aliphatic carbocycles. The second-order valence-electron chi connectivity index (χ2n) is 5.94. The zero-order valence-electron chi connectivity index (χ0n) is 14.7. The Kier molecular flexibility index (Phi) is 6.01. The second kappa shape index (κ2) is 8.43. The van der Waals surface area contributed by atoms with Gasteiger partial charge in [-0.2, -0.15) is 0 Å². The van der Waals surface area contributed by atoms with Gasteiger partial charge < -0.3 is 4.90 Å². The Balaban J connectivity index is 1.65. The van der Waals surface area contributed by atoms with E-state index in [0.717, 1.165) is 16.4 Å². The number of aromatic nitrogens is 2. The van der Waals surface area contributed by atoms with Gasteiger partial charge in [-0.05, 0) is 36.8 Å². The molecule has 0 N–H and O–H groups in total. The number of nitrogens with zero attached hydrogens (tertiary/aromatic N) is 3. The predicted molar refractivity (Wildman–Crippen MR) is 107 cm³/mol. The van der Waals surface area contributed by atoms with Crippen molar-refractivity contribution in [3.63, 3.8) is 0 Å². The molecular weight excluding hydrogens is 366 g/mol. The number of rotatable bonds is 6. The van der Waals surface area contributed by atoms with Crippen LogP contribution in [0, 0.1) is 0 Å². The predicted octanol–water partition coefficient (Wildman–Crippen LogP) is 4.84. The van der Waals surface area contributed by atoms with Crippen molar-refractivity contribution in [1.29, 1.82) is 0 Å². The van der Waals surface area contributed by atoms with E-state index in [1.165, 1.54) is 11.8 Å². The van der Waals surface area contributed by atoms with Crippen molar-refractivity contribution in [1.82, 2.24) is 14.5 Å². The SMILES string of the molecule is C[C@H](c1ccccc1)N(C)C(=O)CSc1nccn1-c1ccc(Cl)cc1. The Morgan fingerprint density at radius 2 is 1.88 bits per heavy atom. The first-order chi connectivity index (χ1) is 12.6. The highest BCUT2D eigenvalue weighted by Gasteiger charge is 2.18. The van der Waals surface area contributed by atoms with E-state index in [4.69, 9.17) is 11.6 Å². The van der Waals surface area contributed by atoms with Crippen LogP contribution in [-0.2, 0) is 4.79 Å². The first-order valence-corrected chi connectivity index (χ1v) is 9.65. The smallest absolute Gasteiger partial charge is 0.233 e. The fourth-order valence-corrected chi connectivity index (χ4v) is 3.62. The lowest BCUT2D eigenvalue weighted by molar-refractivity contribution is -0.128. The van der Waals surface area contributed by atoms with Crippen molar-refractivity contribution in [2.24, 2.45) is 0 Å². The van der Waals surface area contributed by atoms with Crippen molar-refractivity contribution in [3.8, 4) is 5.69 Å². The molecule has 0 unspecified atom stereocenters. The summed E-state index contributed by atoms with van der Waals surface area (Å²) in [6, 6.07) is 17.6. The third-order valence-corrected chi connectivity index (χ3v) is 5.50. The summed E-state index contributed by atoms with van der Waals surface area (Å²) < 4.78 is 1.95. The summed E-state index contributed by atoms with van der Waals surface area (Å²) in [6.07, 6.45) is 3.62. The van der Waals surface area contributed by atoms with Gasteiger partial charge in [-0.3, -0.25) is 9.36 Å². The van der Waals surface area contributed by atoms with Crippen LogP contribution in [0.1, 0.15) is 18.5 Å². The summed E-state index contributed by atoms with van der Waals surface area (Å²) in [4.78, 5) is 18.7. The maximum Gasteiger partial charge on any atom is 0.233 e. The highest BCUT2D eigenvalue weighted by molar-refractivity contribution is 7.99. The molecule has 0 bridgehead atoms. The largest absolute Gasteiger partial charge is 0.338 e. The van der Waals surface area contributed by atoms with Gasteiger partial charge >= 0.3 is 0 Å². The first kappa shape index (κ1) is 18.5.